The highest BCUT2D eigenvalue weighted by Crippen LogP contribution is 2.30. The molecule has 0 spiro atoms. The van der Waals surface area contributed by atoms with Crippen molar-refractivity contribution in [3.8, 4) is 11.3 Å². The van der Waals surface area contributed by atoms with Crippen molar-refractivity contribution in [3.05, 3.63) is 34.6 Å². The number of halogens is 2. The fourth-order valence-electron chi connectivity index (χ4n) is 1.51. The lowest BCUT2D eigenvalue weighted by atomic mass is 10.1. The second-order valence-corrected chi connectivity index (χ2v) is 4.21. The summed E-state index contributed by atoms with van der Waals surface area (Å²) in [6.45, 7) is 2.80. The van der Waals surface area contributed by atoms with Crippen molar-refractivity contribution >= 4 is 29.0 Å². The minimum absolute atomic E-state index is 0.504. The molecule has 0 amide bonds. The van der Waals surface area contributed by atoms with Gasteiger partial charge in [-0.2, -0.15) is 0 Å². The molecule has 0 bridgehead atoms. The number of nitrogens with two attached hydrogens (primary N) is 1. The minimum atomic E-state index is 0.504. The van der Waals surface area contributed by atoms with Gasteiger partial charge in [0.15, 0.2) is 0 Å². The lowest BCUT2D eigenvalue weighted by molar-refractivity contribution is 0.771. The summed E-state index contributed by atoms with van der Waals surface area (Å²) in [5.74, 6) is 0.640. The smallest absolute Gasteiger partial charge is 0.131 e. The molecule has 2 aromatic rings. The first-order valence-electron chi connectivity index (χ1n) is 4.89. The van der Waals surface area contributed by atoms with Crippen LogP contribution in [0.4, 0.5) is 5.82 Å². The number of imidazole rings is 1. The molecule has 5 heteroatoms. The average Bonchev–Trinajstić information content (AvgIpc) is 2.64. The van der Waals surface area contributed by atoms with E-state index in [9.17, 15) is 0 Å². The highest BCUT2D eigenvalue weighted by atomic mass is 35.5. The number of aromatic nitrogens is 2. The molecule has 16 heavy (non-hydrogen) atoms. The summed E-state index contributed by atoms with van der Waals surface area (Å²) in [5.41, 5.74) is 7.57. The number of anilines is 1. The van der Waals surface area contributed by atoms with Gasteiger partial charge in [-0.1, -0.05) is 29.3 Å². The van der Waals surface area contributed by atoms with Crippen LogP contribution < -0.4 is 5.73 Å². The van der Waals surface area contributed by atoms with Crippen molar-refractivity contribution in [2.75, 3.05) is 5.73 Å². The topological polar surface area (TPSA) is 43.8 Å². The number of hydrogen-bond donors (Lipinski definition) is 1. The van der Waals surface area contributed by atoms with Crippen LogP contribution in [0.3, 0.4) is 0 Å². The third-order valence-corrected chi connectivity index (χ3v) is 3.15. The average molecular weight is 256 g/mol. The molecule has 0 atom stereocenters. The molecule has 84 valence electrons. The molecule has 3 nitrogen and oxygen atoms in total. The van der Waals surface area contributed by atoms with E-state index in [1.54, 1.807) is 18.5 Å². The van der Waals surface area contributed by atoms with Crippen molar-refractivity contribution in [3.63, 3.8) is 0 Å². The summed E-state index contributed by atoms with van der Waals surface area (Å²) >= 11 is 11.8. The number of hydrogen-bond acceptors (Lipinski definition) is 2. The summed E-state index contributed by atoms with van der Waals surface area (Å²) < 4.78 is 1.87. The van der Waals surface area contributed by atoms with Gasteiger partial charge in [0.1, 0.15) is 11.5 Å². The van der Waals surface area contributed by atoms with Crippen LogP contribution in [0.2, 0.25) is 10.0 Å². The normalized spacial score (nSPS) is 10.7. The number of rotatable bonds is 2. The lowest BCUT2D eigenvalue weighted by Gasteiger charge is -2.03. The SMILES string of the molecule is CCn1cnc(-c2ccc(Cl)c(Cl)c2)c1N. The van der Waals surface area contributed by atoms with E-state index in [0.29, 0.717) is 15.9 Å². The summed E-state index contributed by atoms with van der Waals surface area (Å²) in [5, 5.41) is 1.03. The van der Waals surface area contributed by atoms with Crippen LogP contribution in [0.5, 0.6) is 0 Å². The molecular formula is C11H11Cl2N3. The number of nitrogens with zero attached hydrogens (tertiary/aromatic N) is 2. The minimum Gasteiger partial charge on any atom is -0.383 e. The number of nitrogen functional groups attached to an aromatic ring is 1. The molecule has 2 N–H and O–H groups in total. The van der Waals surface area contributed by atoms with Crippen molar-refractivity contribution < 1.29 is 0 Å². The molecule has 1 heterocycles. The van der Waals surface area contributed by atoms with Gasteiger partial charge in [-0.3, -0.25) is 0 Å². The van der Waals surface area contributed by atoms with E-state index in [-0.39, 0.29) is 0 Å². The van der Waals surface area contributed by atoms with Gasteiger partial charge in [-0.25, -0.2) is 4.98 Å². The maximum Gasteiger partial charge on any atom is 0.131 e. The first kappa shape index (κ1) is 11.3. The Labute approximate surface area is 104 Å². The van der Waals surface area contributed by atoms with Crippen LogP contribution in [-0.2, 0) is 6.54 Å². The van der Waals surface area contributed by atoms with Gasteiger partial charge < -0.3 is 10.3 Å². The van der Waals surface area contributed by atoms with Gasteiger partial charge >= 0.3 is 0 Å². The zero-order valence-corrected chi connectivity index (χ0v) is 10.3. The van der Waals surface area contributed by atoms with Crippen LogP contribution >= 0.6 is 23.2 Å². The molecular weight excluding hydrogens is 245 g/mol. The zero-order valence-electron chi connectivity index (χ0n) is 8.74. The molecule has 0 unspecified atom stereocenters. The van der Waals surface area contributed by atoms with E-state index in [1.807, 2.05) is 17.6 Å². The summed E-state index contributed by atoms with van der Waals surface area (Å²) in [6, 6.07) is 5.36. The van der Waals surface area contributed by atoms with Gasteiger partial charge in [0.25, 0.3) is 0 Å². The summed E-state index contributed by atoms with van der Waals surface area (Å²) in [6.07, 6.45) is 1.72. The highest BCUT2D eigenvalue weighted by Gasteiger charge is 2.10. The lowest BCUT2D eigenvalue weighted by Crippen LogP contribution is -1.99. The Morgan fingerprint density at radius 2 is 2.06 bits per heavy atom. The van der Waals surface area contributed by atoms with Crippen molar-refractivity contribution in [2.45, 2.75) is 13.5 Å². The fourth-order valence-corrected chi connectivity index (χ4v) is 1.81. The second kappa shape index (κ2) is 4.36. The van der Waals surface area contributed by atoms with Crippen molar-refractivity contribution in [2.24, 2.45) is 0 Å². The molecule has 1 aromatic heterocycles. The molecule has 0 saturated heterocycles. The van der Waals surface area contributed by atoms with E-state index in [1.165, 1.54) is 0 Å². The molecule has 1 aromatic carbocycles. The summed E-state index contributed by atoms with van der Waals surface area (Å²) in [4.78, 5) is 4.26. The van der Waals surface area contributed by atoms with Gasteiger partial charge in [-0.15, -0.1) is 0 Å². The second-order valence-electron chi connectivity index (χ2n) is 3.39. The van der Waals surface area contributed by atoms with Crippen molar-refractivity contribution in [1.29, 1.82) is 0 Å². The van der Waals surface area contributed by atoms with Crippen LogP contribution in [0.1, 0.15) is 6.92 Å². The number of aryl methyl sites for hydroxylation is 1. The first-order valence-corrected chi connectivity index (χ1v) is 5.65. The third-order valence-electron chi connectivity index (χ3n) is 2.41. The predicted octanol–water partition coefficient (Wildman–Crippen LogP) is 3.46. The molecule has 0 saturated carbocycles. The van der Waals surface area contributed by atoms with Gasteiger partial charge in [0.2, 0.25) is 0 Å². The summed E-state index contributed by atoms with van der Waals surface area (Å²) in [7, 11) is 0. The van der Waals surface area contributed by atoms with E-state index in [2.05, 4.69) is 4.98 Å². The predicted molar refractivity (Wildman–Crippen MR) is 67.8 cm³/mol. The third kappa shape index (κ3) is 1.88. The highest BCUT2D eigenvalue weighted by molar-refractivity contribution is 6.42. The monoisotopic (exact) mass is 255 g/mol. The van der Waals surface area contributed by atoms with E-state index >= 15 is 0 Å². The molecule has 0 aliphatic rings. The zero-order chi connectivity index (χ0) is 11.7. The molecule has 0 fully saturated rings. The largest absolute Gasteiger partial charge is 0.383 e. The van der Waals surface area contributed by atoms with Crippen LogP contribution in [0, 0.1) is 0 Å². The Morgan fingerprint density at radius 1 is 1.31 bits per heavy atom. The van der Waals surface area contributed by atoms with Crippen LogP contribution in [0.25, 0.3) is 11.3 Å². The van der Waals surface area contributed by atoms with Gasteiger partial charge in [-0.05, 0) is 19.1 Å². The Morgan fingerprint density at radius 3 is 2.62 bits per heavy atom. The maximum atomic E-state index is 5.96. The van der Waals surface area contributed by atoms with E-state index < -0.39 is 0 Å². The standard InChI is InChI=1S/C11H11Cl2N3/c1-2-16-6-15-10(11(16)14)7-3-4-8(12)9(13)5-7/h3-6H,2,14H2,1H3. The van der Waals surface area contributed by atoms with E-state index in [4.69, 9.17) is 28.9 Å². The van der Waals surface area contributed by atoms with Crippen molar-refractivity contribution in [1.82, 2.24) is 9.55 Å². The number of benzene rings is 1. The maximum absolute atomic E-state index is 5.96. The van der Waals surface area contributed by atoms with E-state index in [0.717, 1.165) is 17.8 Å². The Hall–Kier alpha value is -1.19. The Balaban J connectivity index is 2.50. The first-order chi connectivity index (χ1) is 7.63. The molecule has 2 rings (SSSR count). The quantitative estimate of drug-likeness (QED) is 0.894. The van der Waals surface area contributed by atoms with Gasteiger partial charge in [0.05, 0.1) is 16.4 Å². The Kier molecular flexibility index (Phi) is 3.08. The Bertz CT molecular complexity index is 520. The molecule has 0 aliphatic carbocycles. The van der Waals surface area contributed by atoms with Crippen LogP contribution in [-0.4, -0.2) is 9.55 Å². The van der Waals surface area contributed by atoms with Gasteiger partial charge in [0, 0.05) is 12.1 Å². The van der Waals surface area contributed by atoms with Crippen LogP contribution in [0.15, 0.2) is 24.5 Å². The molecule has 0 radical (unpaired) electrons. The fraction of sp³-hybridized carbons (Fsp3) is 0.182. The molecule has 0 aliphatic heterocycles.